The molecule has 76 valence electrons. The third-order valence-corrected chi connectivity index (χ3v) is 2.94. The summed E-state index contributed by atoms with van der Waals surface area (Å²) in [7, 11) is 3.63. The Bertz CT molecular complexity index is 476. The van der Waals surface area contributed by atoms with Crippen molar-refractivity contribution < 1.29 is 0 Å². The van der Waals surface area contributed by atoms with Crippen LogP contribution in [0, 0.1) is 22.7 Å². The van der Waals surface area contributed by atoms with E-state index in [1.54, 1.807) is 11.2 Å². The van der Waals surface area contributed by atoms with Crippen LogP contribution in [-0.2, 0) is 0 Å². The van der Waals surface area contributed by atoms with Gasteiger partial charge in [0.1, 0.15) is 27.6 Å². The average molecular weight is 239 g/mol. The Morgan fingerprint density at radius 1 is 1.40 bits per heavy atom. The molecule has 0 bridgehead atoms. The van der Waals surface area contributed by atoms with Gasteiger partial charge in [-0.1, -0.05) is 11.6 Å². The molecule has 0 aliphatic rings. The summed E-state index contributed by atoms with van der Waals surface area (Å²) in [6.07, 6.45) is 1.56. The Morgan fingerprint density at radius 2 is 2.07 bits per heavy atom. The maximum Gasteiger partial charge on any atom is 0.138 e. The first-order valence-electron chi connectivity index (χ1n) is 3.93. The molecule has 0 N–H and O–H groups in total. The summed E-state index contributed by atoms with van der Waals surface area (Å²) < 4.78 is 0. The Kier molecular flexibility index (Phi) is 3.68. The summed E-state index contributed by atoms with van der Waals surface area (Å²) >= 11 is 6.94. The second-order valence-electron chi connectivity index (χ2n) is 2.86. The van der Waals surface area contributed by atoms with Gasteiger partial charge in [0.15, 0.2) is 0 Å². The van der Waals surface area contributed by atoms with E-state index >= 15 is 0 Å². The lowest BCUT2D eigenvalue weighted by atomic mass is 10.3. The number of nitriles is 2. The second-order valence-corrected chi connectivity index (χ2v) is 4.23. The zero-order chi connectivity index (χ0) is 11.4. The van der Waals surface area contributed by atoms with Gasteiger partial charge in [0.25, 0.3) is 0 Å². The van der Waals surface area contributed by atoms with Crippen molar-refractivity contribution >= 4 is 34.3 Å². The van der Waals surface area contributed by atoms with E-state index in [0.29, 0.717) is 9.88 Å². The highest BCUT2D eigenvalue weighted by atomic mass is 35.5. The Hall–Kier alpha value is -1.56. The second kappa shape index (κ2) is 4.79. The lowest BCUT2D eigenvalue weighted by Gasteiger charge is -2.00. The van der Waals surface area contributed by atoms with Crippen LogP contribution in [0.25, 0.3) is 0 Å². The van der Waals surface area contributed by atoms with E-state index in [1.807, 2.05) is 26.2 Å². The molecule has 0 aliphatic heterocycles. The smallest absolute Gasteiger partial charge is 0.138 e. The van der Waals surface area contributed by atoms with E-state index in [0.717, 1.165) is 11.3 Å². The van der Waals surface area contributed by atoms with Crippen molar-refractivity contribution in [2.45, 2.75) is 0 Å². The number of hydrogen-bond acceptors (Lipinski definition) is 4. The molecule has 1 rings (SSSR count). The van der Waals surface area contributed by atoms with Gasteiger partial charge in [-0.2, -0.15) is 10.5 Å². The predicted octanol–water partition coefficient (Wildman–Crippen LogP) is 2.37. The molecule has 0 amide bonds. The fourth-order valence-corrected chi connectivity index (χ4v) is 1.95. The van der Waals surface area contributed by atoms with Gasteiger partial charge in [-0.05, 0) is 0 Å². The van der Waals surface area contributed by atoms with Gasteiger partial charge in [-0.15, -0.1) is 11.3 Å². The highest BCUT2D eigenvalue weighted by Gasteiger charge is 2.15. The van der Waals surface area contributed by atoms with E-state index in [9.17, 15) is 0 Å². The fourth-order valence-electron chi connectivity index (χ4n) is 0.828. The van der Waals surface area contributed by atoms with E-state index < -0.39 is 0 Å². The zero-order valence-electron chi connectivity index (χ0n) is 8.15. The number of nitrogens with zero attached hydrogens (tertiary/aromatic N) is 4. The molecule has 0 saturated heterocycles. The van der Waals surface area contributed by atoms with Crippen LogP contribution in [0.1, 0.15) is 10.4 Å². The maximum atomic E-state index is 8.85. The maximum absolute atomic E-state index is 8.85. The Labute approximate surface area is 96.6 Å². The number of rotatable bonds is 2. The van der Waals surface area contributed by atoms with Gasteiger partial charge in [0.05, 0.1) is 11.4 Å². The number of thiophene rings is 1. The molecule has 0 atom stereocenters. The first-order valence-corrected chi connectivity index (χ1v) is 5.12. The molecule has 0 unspecified atom stereocenters. The van der Waals surface area contributed by atoms with Crippen LogP contribution in [-0.4, -0.2) is 25.3 Å². The number of halogens is 1. The highest BCUT2D eigenvalue weighted by Crippen LogP contribution is 2.37. The van der Waals surface area contributed by atoms with Crippen LogP contribution in [0.4, 0.5) is 5.00 Å². The van der Waals surface area contributed by atoms with Gasteiger partial charge in [-0.3, -0.25) is 0 Å². The molecule has 6 heteroatoms. The third kappa shape index (κ3) is 2.47. The summed E-state index contributed by atoms with van der Waals surface area (Å²) in [6, 6.07) is 3.86. The van der Waals surface area contributed by atoms with Crippen LogP contribution in [0.15, 0.2) is 4.99 Å². The van der Waals surface area contributed by atoms with E-state index in [-0.39, 0.29) is 10.6 Å². The molecule has 0 radical (unpaired) electrons. The van der Waals surface area contributed by atoms with Crippen LogP contribution >= 0.6 is 22.9 Å². The van der Waals surface area contributed by atoms with Crippen molar-refractivity contribution in [1.82, 2.24) is 4.90 Å². The first kappa shape index (κ1) is 11.5. The van der Waals surface area contributed by atoms with Crippen molar-refractivity contribution in [3.05, 3.63) is 15.5 Å². The van der Waals surface area contributed by atoms with Crippen molar-refractivity contribution in [2.24, 2.45) is 4.99 Å². The molecule has 1 aromatic heterocycles. The molecule has 1 heterocycles. The monoisotopic (exact) mass is 238 g/mol. The summed E-state index contributed by atoms with van der Waals surface area (Å²) in [5.41, 5.74) is 0.260. The lowest BCUT2D eigenvalue weighted by molar-refractivity contribution is 0.643. The van der Waals surface area contributed by atoms with Crippen molar-refractivity contribution in [3.8, 4) is 12.1 Å². The van der Waals surface area contributed by atoms with Crippen LogP contribution in [0.3, 0.4) is 0 Å². The van der Waals surface area contributed by atoms with E-state index in [4.69, 9.17) is 22.1 Å². The minimum Gasteiger partial charge on any atom is -0.369 e. The Balaban J connectivity index is 3.21. The lowest BCUT2D eigenvalue weighted by Crippen LogP contribution is -2.06. The molecule has 15 heavy (non-hydrogen) atoms. The third-order valence-electron chi connectivity index (χ3n) is 1.45. The van der Waals surface area contributed by atoms with Crippen molar-refractivity contribution in [3.63, 3.8) is 0 Å². The number of aliphatic imine (C=N–C) groups is 1. The molecule has 0 fully saturated rings. The minimum atomic E-state index is 0.191. The van der Waals surface area contributed by atoms with Gasteiger partial charge in [0, 0.05) is 14.1 Å². The average Bonchev–Trinajstić information content (AvgIpc) is 2.51. The zero-order valence-corrected chi connectivity index (χ0v) is 9.72. The number of hydrogen-bond donors (Lipinski definition) is 0. The van der Waals surface area contributed by atoms with Crippen molar-refractivity contribution in [2.75, 3.05) is 14.1 Å². The summed E-state index contributed by atoms with van der Waals surface area (Å²) in [6.45, 7) is 0. The molecule has 0 aliphatic carbocycles. The van der Waals surface area contributed by atoms with Crippen LogP contribution in [0.2, 0.25) is 5.02 Å². The molecular formula is C9H7ClN4S. The van der Waals surface area contributed by atoms with Gasteiger partial charge in [0.2, 0.25) is 0 Å². The molecular weight excluding hydrogens is 232 g/mol. The largest absolute Gasteiger partial charge is 0.369 e. The molecule has 4 nitrogen and oxygen atoms in total. The topological polar surface area (TPSA) is 63.2 Å². The normalized spacial score (nSPS) is 9.93. The first-order chi connectivity index (χ1) is 7.10. The standard InChI is InChI=1S/C9H7ClN4S/c1-14(2)5-13-9-6(3-11)8(10)7(4-12)15-9/h5H,1-2H3/b13-5+. The molecule has 1 aromatic rings. The van der Waals surface area contributed by atoms with Gasteiger partial charge < -0.3 is 4.90 Å². The SMILES string of the molecule is CN(C)/C=N/c1sc(C#N)c(Cl)c1C#N. The predicted molar refractivity (Wildman–Crippen MR) is 60.6 cm³/mol. The van der Waals surface area contributed by atoms with E-state index in [1.165, 1.54) is 0 Å². The molecule has 0 spiro atoms. The summed E-state index contributed by atoms with van der Waals surface area (Å²) in [5.74, 6) is 0. The quantitative estimate of drug-likeness (QED) is 0.587. The van der Waals surface area contributed by atoms with E-state index in [2.05, 4.69) is 4.99 Å². The Morgan fingerprint density at radius 3 is 2.53 bits per heavy atom. The fraction of sp³-hybridized carbons (Fsp3) is 0.222. The van der Waals surface area contributed by atoms with Gasteiger partial charge in [-0.25, -0.2) is 4.99 Å². The highest BCUT2D eigenvalue weighted by molar-refractivity contribution is 7.17. The molecule has 0 saturated carbocycles. The summed E-state index contributed by atoms with van der Waals surface area (Å²) in [5, 5.41) is 18.2. The van der Waals surface area contributed by atoms with Crippen molar-refractivity contribution in [1.29, 1.82) is 10.5 Å². The summed E-state index contributed by atoms with van der Waals surface area (Å²) in [4.78, 5) is 6.12. The van der Waals surface area contributed by atoms with Crippen LogP contribution in [0.5, 0.6) is 0 Å². The van der Waals surface area contributed by atoms with Crippen LogP contribution < -0.4 is 0 Å². The molecule has 0 aromatic carbocycles. The minimum absolute atomic E-state index is 0.191. The van der Waals surface area contributed by atoms with Gasteiger partial charge >= 0.3 is 0 Å².